The second-order valence-electron chi connectivity index (χ2n) is 3.59. The van der Waals surface area contributed by atoms with E-state index in [1.54, 1.807) is 0 Å². The summed E-state index contributed by atoms with van der Waals surface area (Å²) < 4.78 is 14.0. The van der Waals surface area contributed by atoms with Crippen LogP contribution in [0.1, 0.15) is 0 Å². The Bertz CT molecular complexity index is 832. The molecular weight excluding hydrogens is 360 g/mol. The molecule has 0 bridgehead atoms. The van der Waals surface area contributed by atoms with E-state index in [-0.39, 0.29) is 15.8 Å². The second-order valence-corrected chi connectivity index (χ2v) is 4.82. The maximum atomic E-state index is 13.4. The number of benzene rings is 1. The number of hydrogen-bond acceptors (Lipinski definition) is 4. The molecule has 7 nitrogen and oxygen atoms in total. The van der Waals surface area contributed by atoms with Crippen molar-refractivity contribution in [2.75, 3.05) is 0 Å². The first-order chi connectivity index (χ1) is 9.32. The van der Waals surface area contributed by atoms with Crippen LogP contribution in [0, 0.1) is 15.9 Å². The number of nitro benzene ring substituents is 1. The fraction of sp³-hybridized carbons (Fsp3) is 0. The van der Waals surface area contributed by atoms with Gasteiger partial charge in [-0.25, -0.2) is 9.36 Å². The van der Waals surface area contributed by atoms with Crippen molar-refractivity contribution in [3.63, 3.8) is 0 Å². The van der Waals surface area contributed by atoms with Gasteiger partial charge in [-0.2, -0.15) is 4.39 Å². The van der Waals surface area contributed by atoms with Crippen LogP contribution in [-0.2, 0) is 0 Å². The van der Waals surface area contributed by atoms with E-state index in [0.29, 0.717) is 4.57 Å². The molecule has 0 radical (unpaired) electrons. The van der Waals surface area contributed by atoms with Crippen LogP contribution in [0.5, 0.6) is 0 Å². The monoisotopic (exact) mass is 363 g/mol. The Hall–Kier alpha value is -2.00. The van der Waals surface area contributed by atoms with Crippen LogP contribution in [0.25, 0.3) is 5.69 Å². The van der Waals surface area contributed by atoms with Crippen molar-refractivity contribution in [2.45, 2.75) is 0 Å². The van der Waals surface area contributed by atoms with Gasteiger partial charge >= 0.3 is 5.69 Å². The number of rotatable bonds is 2. The van der Waals surface area contributed by atoms with Gasteiger partial charge in [-0.05, 0) is 22.0 Å². The summed E-state index contributed by atoms with van der Waals surface area (Å²) in [6, 6.07) is 3.32. The lowest BCUT2D eigenvalue weighted by Gasteiger charge is -2.07. The van der Waals surface area contributed by atoms with Gasteiger partial charge < -0.3 is 0 Å². The molecule has 104 valence electrons. The summed E-state index contributed by atoms with van der Waals surface area (Å²) in [5.41, 5.74) is -2.51. The molecule has 2 aromatic rings. The van der Waals surface area contributed by atoms with Crippen molar-refractivity contribution >= 4 is 33.2 Å². The van der Waals surface area contributed by atoms with Crippen LogP contribution in [0.4, 0.5) is 10.1 Å². The summed E-state index contributed by atoms with van der Waals surface area (Å²) in [6.07, 6.45) is 0. The second kappa shape index (κ2) is 5.17. The molecular formula is C10H4BrClFN3O4. The number of aromatic amines is 1. The fourth-order valence-corrected chi connectivity index (χ4v) is 2.20. The average Bonchev–Trinajstić information content (AvgIpc) is 2.37. The van der Waals surface area contributed by atoms with Gasteiger partial charge in [-0.3, -0.25) is 19.9 Å². The van der Waals surface area contributed by atoms with Crippen LogP contribution < -0.4 is 11.2 Å². The number of nitrogens with zero attached hydrogens (tertiary/aromatic N) is 2. The number of nitro groups is 1. The van der Waals surface area contributed by atoms with Crippen molar-refractivity contribution in [3.8, 4) is 5.69 Å². The average molecular weight is 365 g/mol. The van der Waals surface area contributed by atoms with E-state index in [1.807, 2.05) is 4.98 Å². The highest BCUT2D eigenvalue weighted by Gasteiger charge is 2.17. The van der Waals surface area contributed by atoms with E-state index in [0.717, 1.165) is 18.2 Å². The number of non-ortho nitro benzene ring substituents is 1. The summed E-state index contributed by atoms with van der Waals surface area (Å²) >= 11 is 8.33. The summed E-state index contributed by atoms with van der Waals surface area (Å²) in [7, 11) is 0. The van der Waals surface area contributed by atoms with Gasteiger partial charge in [-0.15, -0.1) is 0 Å². The third-order valence-electron chi connectivity index (χ3n) is 2.39. The lowest BCUT2D eigenvalue weighted by molar-refractivity contribution is -0.384. The number of aromatic nitrogens is 2. The molecule has 0 unspecified atom stereocenters. The molecule has 1 aromatic carbocycles. The largest absolute Gasteiger partial charge is 0.334 e. The molecule has 0 aliphatic rings. The first-order valence-corrected chi connectivity index (χ1v) is 6.14. The topological polar surface area (TPSA) is 98.0 Å². The summed E-state index contributed by atoms with van der Waals surface area (Å²) in [4.78, 5) is 35.3. The molecule has 10 heteroatoms. The van der Waals surface area contributed by atoms with Crippen LogP contribution in [0.2, 0.25) is 5.15 Å². The molecule has 0 spiro atoms. The zero-order valence-electron chi connectivity index (χ0n) is 9.39. The van der Waals surface area contributed by atoms with Crippen molar-refractivity contribution in [2.24, 2.45) is 0 Å². The molecule has 0 saturated heterocycles. The first-order valence-electron chi connectivity index (χ1n) is 4.97. The predicted molar refractivity (Wildman–Crippen MR) is 72.0 cm³/mol. The van der Waals surface area contributed by atoms with E-state index in [2.05, 4.69) is 15.9 Å². The Labute approximate surface area is 122 Å². The van der Waals surface area contributed by atoms with Gasteiger partial charge in [0.05, 0.1) is 10.6 Å². The summed E-state index contributed by atoms with van der Waals surface area (Å²) in [6.45, 7) is 0. The van der Waals surface area contributed by atoms with Gasteiger partial charge in [-0.1, -0.05) is 11.6 Å². The standard InChI is InChI=1S/C10H4BrClFN3O4/c11-5-3-4(16(19)20)1-2-6(5)15-9(17)7(13)8(12)14-10(15)18/h1-3H,(H,14,18). The van der Waals surface area contributed by atoms with E-state index < -0.39 is 27.1 Å². The van der Waals surface area contributed by atoms with E-state index in [9.17, 15) is 24.1 Å². The van der Waals surface area contributed by atoms with E-state index in [4.69, 9.17) is 11.6 Å². The van der Waals surface area contributed by atoms with Crippen molar-refractivity contribution in [1.82, 2.24) is 9.55 Å². The Balaban J connectivity index is 2.76. The molecule has 0 aliphatic heterocycles. The van der Waals surface area contributed by atoms with Crippen LogP contribution in [0.15, 0.2) is 32.3 Å². The highest BCUT2D eigenvalue weighted by Crippen LogP contribution is 2.24. The lowest BCUT2D eigenvalue weighted by Crippen LogP contribution is -2.36. The lowest BCUT2D eigenvalue weighted by atomic mass is 10.3. The Morgan fingerprint density at radius 2 is 2.05 bits per heavy atom. The van der Waals surface area contributed by atoms with Crippen LogP contribution in [0.3, 0.4) is 0 Å². The zero-order chi connectivity index (χ0) is 15.0. The van der Waals surface area contributed by atoms with E-state index in [1.165, 1.54) is 0 Å². The van der Waals surface area contributed by atoms with Crippen molar-refractivity contribution < 1.29 is 9.31 Å². The van der Waals surface area contributed by atoms with Gasteiger partial charge in [0, 0.05) is 16.6 Å². The molecule has 0 fully saturated rings. The SMILES string of the molecule is O=c1[nH]c(Cl)c(F)c(=O)n1-c1ccc([N+](=O)[O-])cc1Br. The molecule has 0 atom stereocenters. The van der Waals surface area contributed by atoms with Crippen molar-refractivity contribution in [1.29, 1.82) is 0 Å². The van der Waals surface area contributed by atoms with E-state index >= 15 is 0 Å². The van der Waals surface area contributed by atoms with Gasteiger partial charge in [0.25, 0.3) is 11.2 Å². The molecule has 1 heterocycles. The molecule has 0 aliphatic carbocycles. The third-order valence-corrected chi connectivity index (χ3v) is 3.28. The smallest absolute Gasteiger partial charge is 0.295 e. The molecule has 1 N–H and O–H groups in total. The highest BCUT2D eigenvalue weighted by molar-refractivity contribution is 9.10. The fourth-order valence-electron chi connectivity index (χ4n) is 1.50. The van der Waals surface area contributed by atoms with Crippen LogP contribution >= 0.6 is 27.5 Å². The normalized spacial score (nSPS) is 10.6. The molecule has 20 heavy (non-hydrogen) atoms. The molecule has 1 aromatic heterocycles. The molecule has 0 saturated carbocycles. The Morgan fingerprint density at radius 3 is 2.60 bits per heavy atom. The number of nitrogens with one attached hydrogen (secondary N) is 1. The van der Waals surface area contributed by atoms with Gasteiger partial charge in [0.15, 0.2) is 5.15 Å². The number of H-pyrrole nitrogens is 1. The predicted octanol–water partition coefficient (Wildman–Crippen LogP) is 1.99. The van der Waals surface area contributed by atoms with Gasteiger partial charge in [0.1, 0.15) is 0 Å². The number of hydrogen-bond donors (Lipinski definition) is 1. The van der Waals surface area contributed by atoms with Crippen LogP contribution in [-0.4, -0.2) is 14.5 Å². The first kappa shape index (κ1) is 14.4. The van der Waals surface area contributed by atoms with Crippen molar-refractivity contribution in [3.05, 3.63) is 64.6 Å². The third kappa shape index (κ3) is 2.37. The highest BCUT2D eigenvalue weighted by atomic mass is 79.9. The number of halogens is 3. The summed E-state index contributed by atoms with van der Waals surface area (Å²) in [5, 5.41) is 9.90. The minimum Gasteiger partial charge on any atom is -0.295 e. The Kier molecular flexibility index (Phi) is 3.73. The molecule has 0 amide bonds. The summed E-state index contributed by atoms with van der Waals surface area (Å²) in [5.74, 6) is -1.32. The zero-order valence-corrected chi connectivity index (χ0v) is 11.7. The Morgan fingerprint density at radius 1 is 1.40 bits per heavy atom. The maximum absolute atomic E-state index is 13.4. The van der Waals surface area contributed by atoms with Gasteiger partial charge in [0.2, 0.25) is 5.82 Å². The molecule has 2 rings (SSSR count). The minimum absolute atomic E-state index is 0.0441. The maximum Gasteiger partial charge on any atom is 0.334 e. The minimum atomic E-state index is -1.32. The quantitative estimate of drug-likeness (QED) is 0.500.